The van der Waals surface area contributed by atoms with Gasteiger partial charge in [0.15, 0.2) is 0 Å². The smallest absolute Gasteiger partial charge is 0.315 e. The minimum absolute atomic E-state index is 0.381. The van der Waals surface area contributed by atoms with E-state index in [4.69, 9.17) is 4.18 Å². The number of H-pyrrole nitrogens is 2. The lowest BCUT2D eigenvalue weighted by atomic mass is 10.5. The van der Waals surface area contributed by atoms with Crippen LogP contribution in [0, 0.1) is 0 Å². The highest BCUT2D eigenvalue weighted by Crippen LogP contribution is 2.11. The molecule has 0 atom stereocenters. The second kappa shape index (κ2) is 5.60. The molecule has 1 aromatic rings. The Hall–Kier alpha value is -1.01. The van der Waals surface area contributed by atoms with E-state index in [-0.39, 0.29) is 5.56 Å². The van der Waals surface area contributed by atoms with E-state index >= 15 is 0 Å². The van der Waals surface area contributed by atoms with E-state index < -0.39 is 5.69 Å². The molecular weight excluding hydrogens is 192 g/mol. The minimum atomic E-state index is -0.475. The van der Waals surface area contributed by atoms with Crippen LogP contribution in [0.4, 0.5) is 0 Å². The predicted octanol–water partition coefficient (Wildman–Crippen LogP) is 0.118. The van der Waals surface area contributed by atoms with Gasteiger partial charge < -0.3 is 9.17 Å². The van der Waals surface area contributed by atoms with Crippen molar-refractivity contribution in [2.45, 2.75) is 6.42 Å². The molecule has 13 heavy (non-hydrogen) atoms. The second-order valence-corrected chi connectivity index (χ2v) is 3.17. The van der Waals surface area contributed by atoms with Crippen molar-refractivity contribution in [2.24, 2.45) is 0 Å². The van der Waals surface area contributed by atoms with Crippen molar-refractivity contribution >= 4 is 12.0 Å². The fraction of sp³-hybridized carbons (Fsp3) is 0.429. The van der Waals surface area contributed by atoms with Crippen molar-refractivity contribution in [1.29, 1.82) is 0 Å². The highest BCUT2D eigenvalue weighted by molar-refractivity contribution is 7.94. The molecule has 0 spiro atoms. The first-order chi connectivity index (χ1) is 6.29. The van der Waals surface area contributed by atoms with Crippen LogP contribution in [0.3, 0.4) is 0 Å². The molecule has 0 aromatic carbocycles. The van der Waals surface area contributed by atoms with Crippen LogP contribution < -0.4 is 11.2 Å². The van der Waals surface area contributed by atoms with E-state index in [9.17, 15) is 9.59 Å². The summed E-state index contributed by atoms with van der Waals surface area (Å²) in [4.78, 5) is 24.7. The van der Waals surface area contributed by atoms with Gasteiger partial charge in [-0.2, -0.15) is 0 Å². The molecule has 1 aromatic heterocycles. The molecule has 0 amide bonds. The highest BCUT2D eigenvalue weighted by Gasteiger charge is 1.96. The highest BCUT2D eigenvalue weighted by atomic mass is 32.2. The van der Waals surface area contributed by atoms with Crippen molar-refractivity contribution in [3.63, 3.8) is 0 Å². The van der Waals surface area contributed by atoms with Crippen LogP contribution in [0.2, 0.25) is 0 Å². The third kappa shape index (κ3) is 4.54. The third-order valence-electron chi connectivity index (χ3n) is 1.22. The van der Waals surface area contributed by atoms with Crippen LogP contribution in [0.1, 0.15) is 6.42 Å². The molecule has 1 fully saturated rings. The number of aromatic nitrogens is 2. The van der Waals surface area contributed by atoms with Gasteiger partial charge in [-0.25, -0.2) is 4.79 Å². The minimum Gasteiger partial charge on any atom is -0.315 e. The average molecular weight is 202 g/mol. The number of nitrogens with one attached hydrogen (secondary N) is 2. The van der Waals surface area contributed by atoms with E-state index in [0.29, 0.717) is 0 Å². The van der Waals surface area contributed by atoms with E-state index in [1.165, 1.54) is 24.4 Å². The zero-order chi connectivity index (χ0) is 9.52. The quantitative estimate of drug-likeness (QED) is 0.586. The van der Waals surface area contributed by atoms with Gasteiger partial charge in [-0.15, -0.1) is 0 Å². The maximum absolute atomic E-state index is 10.2. The standard InChI is InChI=1S/C4H4N2O2.C3H6OS/c7-3-1-2-5-4(8)6-3;1-2-4-5-3-1/h1-2H,(H2,5,6,7,8);1-3H2. The maximum atomic E-state index is 10.2. The van der Waals surface area contributed by atoms with Gasteiger partial charge in [0.2, 0.25) is 0 Å². The van der Waals surface area contributed by atoms with E-state index in [1.807, 2.05) is 4.98 Å². The van der Waals surface area contributed by atoms with Crippen molar-refractivity contribution < 1.29 is 4.18 Å². The van der Waals surface area contributed by atoms with Crippen LogP contribution in [-0.2, 0) is 4.18 Å². The molecule has 5 nitrogen and oxygen atoms in total. The van der Waals surface area contributed by atoms with E-state index in [0.717, 1.165) is 6.61 Å². The van der Waals surface area contributed by atoms with Gasteiger partial charge in [-0.1, -0.05) is 0 Å². The maximum Gasteiger partial charge on any atom is 0.325 e. The molecule has 1 saturated heterocycles. The fourth-order valence-corrected chi connectivity index (χ4v) is 1.27. The van der Waals surface area contributed by atoms with Crippen LogP contribution in [0.15, 0.2) is 21.9 Å². The lowest BCUT2D eigenvalue weighted by molar-refractivity contribution is 0.404. The summed E-state index contributed by atoms with van der Waals surface area (Å²) in [7, 11) is 0. The molecule has 0 bridgehead atoms. The first-order valence-corrected chi connectivity index (χ1v) is 4.72. The summed E-state index contributed by atoms with van der Waals surface area (Å²) in [5, 5.41) is 0. The van der Waals surface area contributed by atoms with Gasteiger partial charge in [-0.3, -0.25) is 9.78 Å². The molecule has 0 radical (unpaired) electrons. The molecule has 1 aliphatic heterocycles. The normalized spacial score (nSPS) is 14.8. The summed E-state index contributed by atoms with van der Waals surface area (Å²) < 4.78 is 4.86. The lowest BCUT2D eigenvalue weighted by Crippen LogP contribution is -2.19. The summed E-state index contributed by atoms with van der Waals surface area (Å²) in [6, 6.07) is 1.24. The predicted molar refractivity (Wildman–Crippen MR) is 50.7 cm³/mol. The Morgan fingerprint density at radius 1 is 1.46 bits per heavy atom. The summed E-state index contributed by atoms with van der Waals surface area (Å²) in [5.41, 5.74) is -0.855. The van der Waals surface area contributed by atoms with Gasteiger partial charge >= 0.3 is 5.69 Å². The summed E-state index contributed by atoms with van der Waals surface area (Å²) in [5.74, 6) is 1.19. The lowest BCUT2D eigenvalue weighted by Gasteiger charge is -1.75. The molecular formula is C7H10N2O3S. The zero-order valence-electron chi connectivity index (χ0n) is 6.91. The zero-order valence-corrected chi connectivity index (χ0v) is 7.73. The van der Waals surface area contributed by atoms with Gasteiger partial charge in [-0.05, 0) is 18.5 Å². The molecule has 6 heteroatoms. The Kier molecular flexibility index (Phi) is 4.34. The van der Waals surface area contributed by atoms with E-state index in [1.54, 1.807) is 12.0 Å². The topological polar surface area (TPSA) is 75.0 Å². The van der Waals surface area contributed by atoms with Crippen molar-refractivity contribution in [3.8, 4) is 0 Å². The largest absolute Gasteiger partial charge is 0.325 e. The number of hydrogen-bond acceptors (Lipinski definition) is 4. The Labute approximate surface area is 78.7 Å². The molecule has 2 rings (SSSR count). The van der Waals surface area contributed by atoms with Crippen LogP contribution >= 0.6 is 12.0 Å². The Morgan fingerprint density at radius 2 is 2.31 bits per heavy atom. The second-order valence-electron chi connectivity index (χ2n) is 2.29. The number of aromatic amines is 2. The van der Waals surface area contributed by atoms with Gasteiger partial charge in [0.05, 0.1) is 6.61 Å². The number of hydrogen-bond donors (Lipinski definition) is 2. The van der Waals surface area contributed by atoms with Crippen LogP contribution in [0.25, 0.3) is 0 Å². The molecule has 2 heterocycles. The molecule has 0 unspecified atom stereocenters. The van der Waals surface area contributed by atoms with Crippen molar-refractivity contribution in [1.82, 2.24) is 9.97 Å². The van der Waals surface area contributed by atoms with Gasteiger partial charge in [0, 0.05) is 18.0 Å². The molecule has 1 aliphatic rings. The monoisotopic (exact) mass is 202 g/mol. The van der Waals surface area contributed by atoms with Crippen molar-refractivity contribution in [2.75, 3.05) is 12.4 Å². The first-order valence-electron chi connectivity index (χ1n) is 3.81. The van der Waals surface area contributed by atoms with E-state index in [2.05, 4.69) is 4.98 Å². The van der Waals surface area contributed by atoms with Gasteiger partial charge in [0.1, 0.15) is 0 Å². The molecule has 0 saturated carbocycles. The fourth-order valence-electron chi connectivity index (χ4n) is 0.677. The summed E-state index contributed by atoms with van der Waals surface area (Å²) in [6.45, 7) is 0.963. The first kappa shape index (κ1) is 10.1. The summed E-state index contributed by atoms with van der Waals surface area (Å²) in [6.07, 6.45) is 2.53. The Morgan fingerprint density at radius 3 is 2.62 bits per heavy atom. The molecule has 72 valence electrons. The Balaban J connectivity index is 0.000000145. The summed E-state index contributed by atoms with van der Waals surface area (Å²) >= 11 is 1.57. The average Bonchev–Trinajstić information content (AvgIpc) is 2.59. The molecule has 2 N–H and O–H groups in total. The van der Waals surface area contributed by atoms with Crippen LogP contribution in [-0.4, -0.2) is 22.3 Å². The third-order valence-corrected chi connectivity index (χ3v) is 2.01. The van der Waals surface area contributed by atoms with Gasteiger partial charge in [0.25, 0.3) is 5.56 Å². The Bertz CT molecular complexity index is 309. The van der Waals surface area contributed by atoms with Crippen LogP contribution in [0.5, 0.6) is 0 Å². The SMILES string of the molecule is C1COSC1.O=c1cc[nH]c(=O)[nH]1. The number of rotatable bonds is 0. The van der Waals surface area contributed by atoms with Crippen molar-refractivity contribution in [3.05, 3.63) is 33.1 Å². The molecule has 0 aliphatic carbocycles.